The van der Waals surface area contributed by atoms with Gasteiger partial charge in [-0.05, 0) is 25.3 Å². The van der Waals surface area contributed by atoms with Gasteiger partial charge in [0.05, 0.1) is 5.69 Å². The van der Waals surface area contributed by atoms with Crippen molar-refractivity contribution < 1.29 is 4.79 Å². The van der Waals surface area contributed by atoms with E-state index in [9.17, 15) is 4.79 Å². The fraction of sp³-hybridized carbons (Fsp3) is 0.273. The summed E-state index contributed by atoms with van der Waals surface area (Å²) < 4.78 is 2.89. The average Bonchev–Trinajstić information content (AvgIpc) is 2.74. The number of thioether (sulfide) groups is 1. The molecule has 0 bridgehead atoms. The van der Waals surface area contributed by atoms with E-state index in [1.54, 1.807) is 18.7 Å². The molecule has 1 aliphatic heterocycles. The summed E-state index contributed by atoms with van der Waals surface area (Å²) in [5.41, 5.74) is 1.01. The molecule has 1 aromatic rings. The topological polar surface area (TPSA) is 32.7 Å². The highest BCUT2D eigenvalue weighted by Gasteiger charge is 2.30. The van der Waals surface area contributed by atoms with Gasteiger partial charge < -0.3 is 0 Å². The predicted molar refractivity (Wildman–Crippen MR) is 71.9 cm³/mol. The van der Waals surface area contributed by atoms with Gasteiger partial charge in [0.1, 0.15) is 4.38 Å². The number of ketones is 1. The first kappa shape index (κ1) is 11.5. The molecule has 0 aliphatic carbocycles. The normalized spacial score (nSPS) is 19.8. The Morgan fingerprint density at radius 3 is 2.69 bits per heavy atom. The Balaban J connectivity index is 2.27. The van der Waals surface area contributed by atoms with Gasteiger partial charge in [-0.3, -0.25) is 9.10 Å². The van der Waals surface area contributed by atoms with Crippen LogP contribution in [-0.2, 0) is 4.79 Å². The summed E-state index contributed by atoms with van der Waals surface area (Å²) in [4.78, 5) is 15.9. The van der Waals surface area contributed by atoms with Crippen molar-refractivity contribution in [1.82, 2.24) is 0 Å². The molecule has 3 nitrogen and oxygen atoms in total. The van der Waals surface area contributed by atoms with Gasteiger partial charge in [-0.25, -0.2) is 4.99 Å². The van der Waals surface area contributed by atoms with Crippen LogP contribution in [0.15, 0.2) is 35.3 Å². The molecular formula is C11H12N2OS2. The Kier molecular flexibility index (Phi) is 3.56. The number of anilines is 1. The molecule has 0 spiro atoms. The predicted octanol–water partition coefficient (Wildman–Crippen LogP) is 2.79. The van der Waals surface area contributed by atoms with E-state index in [4.69, 9.17) is 0 Å². The fourth-order valence-electron chi connectivity index (χ4n) is 1.42. The van der Waals surface area contributed by atoms with Crippen molar-refractivity contribution in [3.8, 4) is 0 Å². The highest BCUT2D eigenvalue weighted by molar-refractivity contribution is 8.39. The number of carbonyl (C=O) groups excluding carboxylic acids is 1. The summed E-state index contributed by atoms with van der Waals surface area (Å²) in [5, 5.41) is 0. The first-order chi connectivity index (χ1) is 7.72. The van der Waals surface area contributed by atoms with E-state index in [-0.39, 0.29) is 11.9 Å². The summed E-state index contributed by atoms with van der Waals surface area (Å²) in [6, 6.07) is 9.86. The Labute approximate surface area is 103 Å². The Morgan fingerprint density at radius 2 is 2.12 bits per heavy atom. The van der Waals surface area contributed by atoms with Crippen molar-refractivity contribution in [2.75, 3.05) is 10.6 Å². The van der Waals surface area contributed by atoms with E-state index in [0.29, 0.717) is 0 Å². The smallest absolute Gasteiger partial charge is 0.191 e. The molecule has 16 heavy (non-hydrogen) atoms. The number of carbonyl (C=O) groups is 1. The zero-order valence-electron chi connectivity index (χ0n) is 9.08. The fourth-order valence-corrected chi connectivity index (χ4v) is 3.01. The molecule has 1 aliphatic rings. The van der Waals surface area contributed by atoms with Gasteiger partial charge in [-0.1, -0.05) is 18.2 Å². The Bertz CT molecular complexity index is 419. The molecular weight excluding hydrogens is 240 g/mol. The largest absolute Gasteiger partial charge is 0.295 e. The lowest BCUT2D eigenvalue weighted by Crippen LogP contribution is -2.30. The third kappa shape index (κ3) is 2.25. The van der Waals surface area contributed by atoms with Crippen LogP contribution in [0.3, 0.4) is 0 Å². The van der Waals surface area contributed by atoms with Crippen LogP contribution in [0.5, 0.6) is 0 Å². The highest BCUT2D eigenvalue weighted by Crippen LogP contribution is 2.35. The first-order valence-corrected chi connectivity index (χ1v) is 6.86. The minimum Gasteiger partial charge on any atom is -0.295 e. The van der Waals surface area contributed by atoms with Gasteiger partial charge in [-0.2, -0.15) is 0 Å². The number of rotatable bonds is 2. The third-order valence-electron chi connectivity index (χ3n) is 2.18. The molecule has 84 valence electrons. The molecule has 0 aromatic heterocycles. The molecule has 1 heterocycles. The van der Waals surface area contributed by atoms with E-state index >= 15 is 0 Å². The number of nitrogens with zero attached hydrogens (tertiary/aromatic N) is 2. The van der Waals surface area contributed by atoms with Crippen LogP contribution in [0, 0.1) is 0 Å². The van der Waals surface area contributed by atoms with Crippen LogP contribution >= 0.6 is 23.7 Å². The number of benzene rings is 1. The van der Waals surface area contributed by atoms with Gasteiger partial charge in [0, 0.05) is 11.9 Å². The monoisotopic (exact) mass is 252 g/mol. The van der Waals surface area contributed by atoms with Gasteiger partial charge >= 0.3 is 0 Å². The Hall–Kier alpha value is -0.940. The minimum absolute atomic E-state index is 0.0698. The van der Waals surface area contributed by atoms with Crippen LogP contribution in [0.1, 0.15) is 6.92 Å². The lowest BCUT2D eigenvalue weighted by Gasteiger charge is -2.21. The molecule has 0 saturated carbocycles. The van der Waals surface area contributed by atoms with E-state index < -0.39 is 0 Å². The van der Waals surface area contributed by atoms with Crippen molar-refractivity contribution >= 4 is 39.6 Å². The molecule has 5 heteroatoms. The molecule has 0 saturated heterocycles. The minimum atomic E-state index is -0.380. The third-order valence-corrected chi connectivity index (χ3v) is 4.22. The molecule has 1 atom stereocenters. The number of Topliss-reactive ketones (excluding diaryl/α,β-unsaturated/α-hetero) is 1. The molecule has 0 N–H and O–H groups in total. The molecule has 1 unspecified atom stereocenters. The van der Waals surface area contributed by atoms with E-state index in [0.717, 1.165) is 10.1 Å². The molecule has 0 amide bonds. The van der Waals surface area contributed by atoms with Crippen LogP contribution in [-0.4, -0.2) is 22.6 Å². The number of hydrogen-bond acceptors (Lipinski definition) is 5. The zero-order chi connectivity index (χ0) is 11.5. The lowest BCUT2D eigenvalue weighted by molar-refractivity contribution is -0.117. The van der Waals surface area contributed by atoms with Crippen LogP contribution in [0.4, 0.5) is 5.69 Å². The Morgan fingerprint density at radius 1 is 1.44 bits per heavy atom. The summed E-state index contributed by atoms with van der Waals surface area (Å²) in [5.74, 6) is 0.0698. The number of hydrogen-bond donors (Lipinski definition) is 0. The van der Waals surface area contributed by atoms with Gasteiger partial charge in [0.2, 0.25) is 0 Å². The van der Waals surface area contributed by atoms with Gasteiger partial charge in [0.15, 0.2) is 11.9 Å². The van der Waals surface area contributed by atoms with Gasteiger partial charge in [0.25, 0.3) is 0 Å². The summed E-state index contributed by atoms with van der Waals surface area (Å²) in [6.45, 7) is 1.58. The summed E-state index contributed by atoms with van der Waals surface area (Å²) in [7, 11) is 0. The van der Waals surface area contributed by atoms with Crippen LogP contribution in [0.2, 0.25) is 0 Å². The maximum atomic E-state index is 11.5. The maximum absolute atomic E-state index is 11.5. The van der Waals surface area contributed by atoms with Gasteiger partial charge in [-0.15, -0.1) is 11.8 Å². The summed E-state index contributed by atoms with van der Waals surface area (Å²) in [6.07, 6.45) is 1.59. The van der Waals surface area contributed by atoms with Crippen molar-refractivity contribution in [2.45, 2.75) is 13.1 Å². The van der Waals surface area contributed by atoms with Crippen molar-refractivity contribution in [3.05, 3.63) is 30.3 Å². The zero-order valence-corrected chi connectivity index (χ0v) is 10.7. The summed E-state index contributed by atoms with van der Waals surface area (Å²) >= 11 is 3.10. The van der Waals surface area contributed by atoms with E-state index in [1.807, 2.05) is 40.9 Å². The van der Waals surface area contributed by atoms with E-state index in [2.05, 4.69) is 4.99 Å². The molecule has 0 radical (unpaired) electrons. The molecule has 0 fully saturated rings. The van der Waals surface area contributed by atoms with E-state index in [1.165, 1.54) is 11.9 Å². The second kappa shape index (κ2) is 4.93. The lowest BCUT2D eigenvalue weighted by atomic mass is 10.3. The second-order valence-electron chi connectivity index (χ2n) is 3.34. The molecule has 1 aromatic carbocycles. The first-order valence-electron chi connectivity index (χ1n) is 4.87. The van der Waals surface area contributed by atoms with Crippen molar-refractivity contribution in [1.29, 1.82) is 0 Å². The SMILES string of the molecule is CSC1=NC(C(C)=O)N(c2ccccc2)S1. The van der Waals surface area contributed by atoms with Crippen molar-refractivity contribution in [3.63, 3.8) is 0 Å². The van der Waals surface area contributed by atoms with Crippen LogP contribution < -0.4 is 4.31 Å². The number of para-hydroxylation sites is 1. The highest BCUT2D eigenvalue weighted by atomic mass is 32.2. The quantitative estimate of drug-likeness (QED) is 0.758. The average molecular weight is 252 g/mol. The van der Waals surface area contributed by atoms with Crippen LogP contribution in [0.25, 0.3) is 0 Å². The standard InChI is InChI=1S/C11H12N2OS2/c1-8(14)10-12-11(15-2)16-13(10)9-6-4-3-5-7-9/h3-7,10H,1-2H3. The van der Waals surface area contributed by atoms with Crippen molar-refractivity contribution in [2.24, 2.45) is 4.99 Å². The molecule has 2 rings (SSSR count). The maximum Gasteiger partial charge on any atom is 0.191 e. The number of aliphatic imine (C=N–C) groups is 1. The second-order valence-corrected chi connectivity index (χ2v) is 5.35.